The van der Waals surface area contributed by atoms with Crippen LogP contribution in [0.5, 0.6) is 5.88 Å². The standard InChI is InChI=1S/C20H18FN3O2/c1-13-14(2)24(11-17-4-3-9-25-17)19-18(13)10-22-23-20(19)26-12-15-5-7-16(21)8-6-15/h3-10H,11-12H2,1-2H3. The SMILES string of the molecule is Cc1c(C)n(Cc2ccco2)c2c(OCc3ccc(F)cc3)nncc12. The minimum atomic E-state index is -0.269. The van der Waals surface area contributed by atoms with Crippen LogP contribution in [0, 0.1) is 19.7 Å². The third-order valence-corrected chi connectivity index (χ3v) is 4.60. The van der Waals surface area contributed by atoms with Crippen LogP contribution in [0.3, 0.4) is 0 Å². The van der Waals surface area contributed by atoms with Crippen LogP contribution in [-0.4, -0.2) is 14.8 Å². The summed E-state index contributed by atoms with van der Waals surface area (Å²) >= 11 is 0. The van der Waals surface area contributed by atoms with Gasteiger partial charge in [0, 0.05) is 11.1 Å². The fraction of sp³-hybridized carbons (Fsp3) is 0.200. The molecule has 0 aliphatic rings. The molecule has 0 saturated carbocycles. The van der Waals surface area contributed by atoms with Crippen molar-refractivity contribution in [1.82, 2.24) is 14.8 Å². The lowest BCUT2D eigenvalue weighted by Crippen LogP contribution is -2.05. The van der Waals surface area contributed by atoms with Gasteiger partial charge in [0.1, 0.15) is 23.7 Å². The number of benzene rings is 1. The van der Waals surface area contributed by atoms with E-state index < -0.39 is 0 Å². The first-order valence-electron chi connectivity index (χ1n) is 8.34. The average Bonchev–Trinajstić information content (AvgIpc) is 3.25. The Bertz CT molecular complexity index is 1040. The Balaban J connectivity index is 1.72. The minimum absolute atomic E-state index is 0.269. The normalized spacial score (nSPS) is 11.2. The highest BCUT2D eigenvalue weighted by Gasteiger charge is 2.18. The van der Waals surface area contributed by atoms with E-state index in [1.165, 1.54) is 12.1 Å². The molecule has 132 valence electrons. The second-order valence-corrected chi connectivity index (χ2v) is 6.20. The molecule has 0 N–H and O–H groups in total. The van der Waals surface area contributed by atoms with Gasteiger partial charge in [0.15, 0.2) is 0 Å². The predicted molar refractivity (Wildman–Crippen MR) is 95.5 cm³/mol. The number of furan rings is 1. The van der Waals surface area contributed by atoms with E-state index in [4.69, 9.17) is 9.15 Å². The molecule has 3 aromatic heterocycles. The predicted octanol–water partition coefficient (Wildman–Crippen LogP) is 4.41. The summed E-state index contributed by atoms with van der Waals surface area (Å²) in [4.78, 5) is 0. The molecular formula is C20H18FN3O2. The number of hydrogen-bond donors (Lipinski definition) is 0. The third-order valence-electron chi connectivity index (χ3n) is 4.60. The molecule has 0 unspecified atom stereocenters. The monoisotopic (exact) mass is 351 g/mol. The lowest BCUT2D eigenvalue weighted by Gasteiger charge is -2.10. The van der Waals surface area contributed by atoms with Gasteiger partial charge in [-0.25, -0.2) is 4.39 Å². The number of aryl methyl sites for hydroxylation is 1. The first kappa shape index (κ1) is 16.3. The van der Waals surface area contributed by atoms with Crippen molar-refractivity contribution >= 4 is 10.9 Å². The van der Waals surface area contributed by atoms with Crippen LogP contribution in [0.4, 0.5) is 4.39 Å². The van der Waals surface area contributed by atoms with E-state index in [1.54, 1.807) is 24.6 Å². The second-order valence-electron chi connectivity index (χ2n) is 6.20. The van der Waals surface area contributed by atoms with Gasteiger partial charge >= 0.3 is 0 Å². The molecule has 0 bridgehead atoms. The van der Waals surface area contributed by atoms with Crippen LogP contribution < -0.4 is 4.74 Å². The van der Waals surface area contributed by atoms with E-state index in [0.29, 0.717) is 12.4 Å². The largest absolute Gasteiger partial charge is 0.470 e. The third kappa shape index (κ3) is 2.94. The molecule has 0 aliphatic carbocycles. The highest BCUT2D eigenvalue weighted by Crippen LogP contribution is 2.31. The number of fused-ring (bicyclic) bond motifs is 1. The Kier molecular flexibility index (Phi) is 4.16. The molecule has 1 aromatic carbocycles. The van der Waals surface area contributed by atoms with Crippen molar-refractivity contribution < 1.29 is 13.5 Å². The number of halogens is 1. The first-order chi connectivity index (χ1) is 12.6. The maximum absolute atomic E-state index is 13.1. The van der Waals surface area contributed by atoms with Gasteiger partial charge in [-0.1, -0.05) is 12.1 Å². The van der Waals surface area contributed by atoms with E-state index in [-0.39, 0.29) is 12.4 Å². The van der Waals surface area contributed by atoms with Crippen LogP contribution in [0.25, 0.3) is 10.9 Å². The van der Waals surface area contributed by atoms with Gasteiger partial charge < -0.3 is 13.7 Å². The molecule has 0 radical (unpaired) electrons. The van der Waals surface area contributed by atoms with Gasteiger partial charge in [-0.15, -0.1) is 5.10 Å². The van der Waals surface area contributed by atoms with Crippen molar-refractivity contribution in [3.05, 3.63) is 77.3 Å². The molecule has 4 aromatic rings. The van der Waals surface area contributed by atoms with Crippen LogP contribution >= 0.6 is 0 Å². The minimum Gasteiger partial charge on any atom is -0.470 e. The van der Waals surface area contributed by atoms with E-state index in [2.05, 4.69) is 28.6 Å². The maximum Gasteiger partial charge on any atom is 0.258 e. The molecule has 3 heterocycles. The fourth-order valence-corrected chi connectivity index (χ4v) is 3.05. The quantitative estimate of drug-likeness (QED) is 0.534. The molecule has 0 aliphatic heterocycles. The fourth-order valence-electron chi connectivity index (χ4n) is 3.05. The highest BCUT2D eigenvalue weighted by molar-refractivity contribution is 5.88. The summed E-state index contributed by atoms with van der Waals surface area (Å²) in [5, 5.41) is 9.26. The average molecular weight is 351 g/mol. The Labute approximate surface area is 150 Å². The Morgan fingerprint density at radius 2 is 1.96 bits per heavy atom. The van der Waals surface area contributed by atoms with Gasteiger partial charge in [-0.3, -0.25) is 0 Å². The van der Waals surface area contributed by atoms with E-state index in [9.17, 15) is 4.39 Å². The smallest absolute Gasteiger partial charge is 0.258 e. The number of rotatable bonds is 5. The number of ether oxygens (including phenoxy) is 1. The van der Waals surface area contributed by atoms with Gasteiger partial charge in [0.2, 0.25) is 0 Å². The number of nitrogens with zero attached hydrogens (tertiary/aromatic N) is 3. The first-order valence-corrected chi connectivity index (χ1v) is 8.34. The van der Waals surface area contributed by atoms with Gasteiger partial charge in [-0.2, -0.15) is 5.10 Å². The summed E-state index contributed by atoms with van der Waals surface area (Å²) in [7, 11) is 0. The summed E-state index contributed by atoms with van der Waals surface area (Å²) in [6, 6.07) is 10.0. The Morgan fingerprint density at radius 1 is 1.15 bits per heavy atom. The summed E-state index contributed by atoms with van der Waals surface area (Å²) in [5.74, 6) is 1.04. The van der Waals surface area contributed by atoms with Gasteiger partial charge in [0.05, 0.1) is 19.0 Å². The summed E-state index contributed by atoms with van der Waals surface area (Å²) in [6.45, 7) is 4.99. The summed E-state index contributed by atoms with van der Waals surface area (Å²) in [6.07, 6.45) is 3.41. The van der Waals surface area contributed by atoms with Crippen molar-refractivity contribution in [2.75, 3.05) is 0 Å². The Hall–Kier alpha value is -3.15. The van der Waals surface area contributed by atoms with Crippen LogP contribution in [-0.2, 0) is 13.2 Å². The van der Waals surface area contributed by atoms with Crippen molar-refractivity contribution in [2.45, 2.75) is 27.0 Å². The van der Waals surface area contributed by atoms with Crippen molar-refractivity contribution in [2.24, 2.45) is 0 Å². The molecular weight excluding hydrogens is 333 g/mol. The van der Waals surface area contributed by atoms with Gasteiger partial charge in [-0.05, 0) is 49.2 Å². The Morgan fingerprint density at radius 3 is 2.69 bits per heavy atom. The van der Waals surface area contributed by atoms with E-state index in [1.807, 2.05) is 12.1 Å². The van der Waals surface area contributed by atoms with E-state index >= 15 is 0 Å². The van der Waals surface area contributed by atoms with Crippen molar-refractivity contribution in [3.63, 3.8) is 0 Å². The topological polar surface area (TPSA) is 53.1 Å². The lowest BCUT2D eigenvalue weighted by molar-refractivity contribution is 0.293. The lowest BCUT2D eigenvalue weighted by atomic mass is 10.2. The molecule has 4 rings (SSSR count). The van der Waals surface area contributed by atoms with Crippen LogP contribution in [0.1, 0.15) is 22.6 Å². The molecule has 0 atom stereocenters. The molecule has 0 spiro atoms. The maximum atomic E-state index is 13.1. The summed E-state index contributed by atoms with van der Waals surface area (Å²) in [5.41, 5.74) is 3.99. The summed E-state index contributed by atoms with van der Waals surface area (Å²) < 4.78 is 26.6. The zero-order valence-corrected chi connectivity index (χ0v) is 14.6. The molecule has 6 heteroatoms. The molecule has 26 heavy (non-hydrogen) atoms. The highest BCUT2D eigenvalue weighted by atomic mass is 19.1. The second kappa shape index (κ2) is 6.63. The van der Waals surface area contributed by atoms with Crippen LogP contribution in [0.15, 0.2) is 53.3 Å². The number of aromatic nitrogens is 3. The molecule has 0 amide bonds. The zero-order chi connectivity index (χ0) is 18.1. The van der Waals surface area contributed by atoms with E-state index in [0.717, 1.165) is 33.5 Å². The van der Waals surface area contributed by atoms with Crippen molar-refractivity contribution in [1.29, 1.82) is 0 Å². The molecule has 0 fully saturated rings. The van der Waals surface area contributed by atoms with Gasteiger partial charge in [0.25, 0.3) is 5.88 Å². The zero-order valence-electron chi connectivity index (χ0n) is 14.6. The van der Waals surface area contributed by atoms with Crippen molar-refractivity contribution in [3.8, 4) is 5.88 Å². The molecule has 0 saturated heterocycles. The van der Waals surface area contributed by atoms with Crippen LogP contribution in [0.2, 0.25) is 0 Å². The molecule has 5 nitrogen and oxygen atoms in total. The number of hydrogen-bond acceptors (Lipinski definition) is 4.